The van der Waals surface area contributed by atoms with Gasteiger partial charge in [-0.3, -0.25) is 14.9 Å². The first-order chi connectivity index (χ1) is 9.23. The second-order valence-electron chi connectivity index (χ2n) is 5.49. The maximum Gasteiger partial charge on any atom is 0.311 e. The van der Waals surface area contributed by atoms with Crippen molar-refractivity contribution in [3.05, 3.63) is 33.9 Å². The number of carboxylic acids is 1. The van der Waals surface area contributed by atoms with Crippen LogP contribution in [0.1, 0.15) is 38.7 Å². The Hall–Kier alpha value is -2.11. The fraction of sp³-hybridized carbons (Fsp3) is 0.500. The summed E-state index contributed by atoms with van der Waals surface area (Å²) in [6, 6.07) is 3.95. The number of rotatable bonds is 6. The molecule has 0 saturated heterocycles. The average molecular weight is 280 g/mol. The van der Waals surface area contributed by atoms with Crippen LogP contribution in [0.15, 0.2) is 18.2 Å². The Bertz CT molecular complexity index is 514. The monoisotopic (exact) mass is 280 g/mol. The van der Waals surface area contributed by atoms with Crippen molar-refractivity contribution in [1.82, 2.24) is 0 Å². The standard InChI is InChI=1S/C14H20N2O4/c1-8(2)6-9(3)13(14(17)18)11-7-10(16(19)20)4-5-12(11)15/h4-5,7-9,13H,6,15H2,1-3H3,(H,17,18). The first kappa shape index (κ1) is 15.9. The minimum atomic E-state index is -1.01. The van der Waals surface area contributed by atoms with Gasteiger partial charge in [-0.25, -0.2) is 0 Å². The maximum absolute atomic E-state index is 11.5. The zero-order valence-electron chi connectivity index (χ0n) is 11.9. The van der Waals surface area contributed by atoms with Gasteiger partial charge >= 0.3 is 5.97 Å². The van der Waals surface area contributed by atoms with Gasteiger partial charge in [0.25, 0.3) is 5.69 Å². The fourth-order valence-electron chi connectivity index (χ4n) is 2.51. The van der Waals surface area contributed by atoms with Gasteiger partial charge in [0.1, 0.15) is 0 Å². The molecule has 0 fully saturated rings. The van der Waals surface area contributed by atoms with E-state index in [1.807, 2.05) is 20.8 Å². The van der Waals surface area contributed by atoms with Crippen LogP contribution < -0.4 is 5.73 Å². The van der Waals surface area contributed by atoms with E-state index in [1.165, 1.54) is 18.2 Å². The SMILES string of the molecule is CC(C)CC(C)C(C(=O)O)c1cc([N+](=O)[O-])ccc1N. The highest BCUT2D eigenvalue weighted by atomic mass is 16.6. The second kappa shape index (κ2) is 6.36. The summed E-state index contributed by atoms with van der Waals surface area (Å²) in [6.07, 6.45) is 0.707. The zero-order valence-corrected chi connectivity index (χ0v) is 11.9. The molecule has 3 N–H and O–H groups in total. The topological polar surface area (TPSA) is 106 Å². The lowest BCUT2D eigenvalue weighted by molar-refractivity contribution is -0.384. The molecule has 0 aliphatic heterocycles. The van der Waals surface area contributed by atoms with Gasteiger partial charge in [0.05, 0.1) is 10.8 Å². The molecule has 20 heavy (non-hydrogen) atoms. The first-order valence-electron chi connectivity index (χ1n) is 6.50. The molecule has 1 rings (SSSR count). The highest BCUT2D eigenvalue weighted by Crippen LogP contribution is 2.35. The number of hydrogen-bond acceptors (Lipinski definition) is 4. The van der Waals surface area contributed by atoms with E-state index in [0.717, 1.165) is 0 Å². The number of nitro benzene ring substituents is 1. The molecule has 0 amide bonds. The van der Waals surface area contributed by atoms with E-state index in [0.29, 0.717) is 17.9 Å². The number of carbonyl (C=O) groups is 1. The largest absolute Gasteiger partial charge is 0.481 e. The summed E-state index contributed by atoms with van der Waals surface area (Å²) < 4.78 is 0. The molecule has 0 aliphatic carbocycles. The van der Waals surface area contributed by atoms with Gasteiger partial charge < -0.3 is 10.8 Å². The Labute approximate surface area is 117 Å². The molecule has 0 heterocycles. The molecule has 0 radical (unpaired) electrons. The summed E-state index contributed by atoms with van der Waals surface area (Å²) >= 11 is 0. The molecule has 6 heteroatoms. The molecule has 0 bridgehead atoms. The zero-order chi connectivity index (χ0) is 15.4. The van der Waals surface area contributed by atoms with Crippen LogP contribution in [0.3, 0.4) is 0 Å². The van der Waals surface area contributed by atoms with E-state index in [-0.39, 0.29) is 17.3 Å². The van der Waals surface area contributed by atoms with Crippen molar-refractivity contribution in [1.29, 1.82) is 0 Å². The van der Waals surface area contributed by atoms with E-state index < -0.39 is 16.8 Å². The van der Waals surface area contributed by atoms with Gasteiger partial charge in [-0.1, -0.05) is 20.8 Å². The number of carboxylic acid groups (broad SMARTS) is 1. The molecular weight excluding hydrogens is 260 g/mol. The van der Waals surface area contributed by atoms with Crippen LogP contribution in [0.25, 0.3) is 0 Å². The number of hydrogen-bond donors (Lipinski definition) is 2. The summed E-state index contributed by atoms with van der Waals surface area (Å²) in [5, 5.41) is 20.3. The van der Waals surface area contributed by atoms with Crippen LogP contribution in [0.4, 0.5) is 11.4 Å². The Balaban J connectivity index is 3.24. The lowest BCUT2D eigenvalue weighted by Gasteiger charge is -2.23. The van der Waals surface area contributed by atoms with E-state index in [9.17, 15) is 20.0 Å². The molecule has 0 aliphatic rings. The van der Waals surface area contributed by atoms with Crippen LogP contribution in [-0.4, -0.2) is 16.0 Å². The lowest BCUT2D eigenvalue weighted by Crippen LogP contribution is -2.22. The Morgan fingerprint density at radius 3 is 2.45 bits per heavy atom. The molecule has 110 valence electrons. The van der Waals surface area contributed by atoms with Crippen molar-refractivity contribution in [2.45, 2.75) is 33.1 Å². The van der Waals surface area contributed by atoms with Crippen LogP contribution >= 0.6 is 0 Å². The van der Waals surface area contributed by atoms with Gasteiger partial charge in [-0.15, -0.1) is 0 Å². The van der Waals surface area contributed by atoms with Crippen LogP contribution in [0, 0.1) is 22.0 Å². The minimum Gasteiger partial charge on any atom is -0.481 e. The Morgan fingerprint density at radius 2 is 2.00 bits per heavy atom. The maximum atomic E-state index is 11.5. The van der Waals surface area contributed by atoms with Crippen LogP contribution in [-0.2, 0) is 4.79 Å². The van der Waals surface area contributed by atoms with Crippen molar-refractivity contribution in [3.8, 4) is 0 Å². The normalized spacial score (nSPS) is 14.0. The van der Waals surface area contributed by atoms with E-state index >= 15 is 0 Å². The van der Waals surface area contributed by atoms with E-state index in [1.54, 1.807) is 0 Å². The number of aliphatic carboxylic acids is 1. The van der Waals surface area contributed by atoms with Gasteiger partial charge in [-0.05, 0) is 29.9 Å². The number of anilines is 1. The van der Waals surface area contributed by atoms with Crippen molar-refractivity contribution >= 4 is 17.3 Å². The van der Waals surface area contributed by atoms with Gasteiger partial charge in [0, 0.05) is 17.8 Å². The molecule has 0 spiro atoms. The van der Waals surface area contributed by atoms with Crippen molar-refractivity contribution in [2.24, 2.45) is 11.8 Å². The summed E-state index contributed by atoms with van der Waals surface area (Å²) in [5.41, 5.74) is 6.27. The molecule has 1 aromatic carbocycles. The fourth-order valence-corrected chi connectivity index (χ4v) is 2.51. The number of benzene rings is 1. The number of nitro groups is 1. The Kier molecular flexibility index (Phi) is 5.07. The summed E-state index contributed by atoms with van der Waals surface area (Å²) in [5.74, 6) is -1.66. The van der Waals surface area contributed by atoms with Crippen molar-refractivity contribution in [2.75, 3.05) is 5.73 Å². The predicted molar refractivity (Wildman–Crippen MR) is 76.5 cm³/mol. The molecular formula is C14H20N2O4. The highest BCUT2D eigenvalue weighted by Gasteiger charge is 2.30. The third kappa shape index (κ3) is 3.69. The quantitative estimate of drug-likeness (QED) is 0.473. The van der Waals surface area contributed by atoms with Crippen molar-refractivity contribution in [3.63, 3.8) is 0 Å². The molecule has 1 aromatic rings. The van der Waals surface area contributed by atoms with Gasteiger partial charge in [0.15, 0.2) is 0 Å². The predicted octanol–water partition coefficient (Wildman–Crippen LogP) is 3.03. The van der Waals surface area contributed by atoms with Crippen LogP contribution in [0.2, 0.25) is 0 Å². The molecule has 0 aromatic heterocycles. The number of nitrogens with two attached hydrogens (primary N) is 1. The lowest BCUT2D eigenvalue weighted by atomic mass is 9.81. The minimum absolute atomic E-state index is 0.141. The second-order valence-corrected chi connectivity index (χ2v) is 5.49. The molecule has 0 saturated carbocycles. The highest BCUT2D eigenvalue weighted by molar-refractivity contribution is 5.79. The third-order valence-electron chi connectivity index (χ3n) is 3.29. The van der Waals surface area contributed by atoms with E-state index in [2.05, 4.69) is 0 Å². The average Bonchev–Trinajstić information content (AvgIpc) is 2.29. The van der Waals surface area contributed by atoms with Crippen LogP contribution in [0.5, 0.6) is 0 Å². The number of nitrogen functional groups attached to an aromatic ring is 1. The summed E-state index contributed by atoms with van der Waals surface area (Å²) in [4.78, 5) is 21.8. The number of non-ortho nitro benzene ring substituents is 1. The molecule has 2 unspecified atom stereocenters. The first-order valence-corrected chi connectivity index (χ1v) is 6.50. The smallest absolute Gasteiger partial charge is 0.311 e. The summed E-state index contributed by atoms with van der Waals surface area (Å²) in [6.45, 7) is 5.84. The molecule has 6 nitrogen and oxygen atoms in total. The van der Waals surface area contributed by atoms with Crippen molar-refractivity contribution < 1.29 is 14.8 Å². The third-order valence-corrected chi connectivity index (χ3v) is 3.29. The van der Waals surface area contributed by atoms with E-state index in [4.69, 9.17) is 5.73 Å². The van der Waals surface area contributed by atoms with Gasteiger partial charge in [-0.2, -0.15) is 0 Å². The molecule has 2 atom stereocenters. The van der Waals surface area contributed by atoms with Gasteiger partial charge in [0.2, 0.25) is 0 Å². The number of nitrogens with zero attached hydrogens (tertiary/aromatic N) is 1. The Morgan fingerprint density at radius 1 is 1.40 bits per heavy atom. The summed E-state index contributed by atoms with van der Waals surface area (Å²) in [7, 11) is 0.